The number of hydrogen-bond acceptors (Lipinski definition) is 2. The van der Waals surface area contributed by atoms with Gasteiger partial charge in [0.05, 0.1) is 6.04 Å². The predicted octanol–water partition coefficient (Wildman–Crippen LogP) is 4.91. The zero-order valence-corrected chi connectivity index (χ0v) is 14.8. The molecule has 2 nitrogen and oxygen atoms in total. The van der Waals surface area contributed by atoms with E-state index in [1.165, 1.54) is 32.4 Å². The van der Waals surface area contributed by atoms with Crippen LogP contribution in [0.25, 0.3) is 0 Å². The molecule has 0 bridgehead atoms. The highest BCUT2D eigenvalue weighted by molar-refractivity contribution is 6.33. The van der Waals surface area contributed by atoms with E-state index in [2.05, 4.69) is 24.1 Å². The summed E-state index contributed by atoms with van der Waals surface area (Å²) >= 11 is 12.7. The predicted molar refractivity (Wildman–Crippen MR) is 92.4 cm³/mol. The van der Waals surface area contributed by atoms with E-state index in [9.17, 15) is 0 Å². The summed E-state index contributed by atoms with van der Waals surface area (Å²) in [5, 5.41) is 5.02. The summed E-state index contributed by atoms with van der Waals surface area (Å²) < 4.78 is 0. The molecular formula is C17H26Cl2N2. The molecule has 0 aromatic heterocycles. The van der Waals surface area contributed by atoms with E-state index in [1.54, 1.807) is 0 Å². The van der Waals surface area contributed by atoms with Crippen LogP contribution < -0.4 is 5.32 Å². The van der Waals surface area contributed by atoms with E-state index in [4.69, 9.17) is 23.2 Å². The summed E-state index contributed by atoms with van der Waals surface area (Å²) in [6, 6.07) is 5.93. The molecule has 0 radical (unpaired) electrons. The molecule has 1 heterocycles. The number of likely N-dealkylation sites (N-methyl/N-ethyl adjacent to an activating group) is 1. The van der Waals surface area contributed by atoms with Gasteiger partial charge in [0.1, 0.15) is 0 Å². The van der Waals surface area contributed by atoms with Crippen molar-refractivity contribution < 1.29 is 0 Å². The third-order valence-corrected chi connectivity index (χ3v) is 5.55. The Hall–Kier alpha value is -0.280. The fourth-order valence-electron chi connectivity index (χ4n) is 3.55. The summed E-state index contributed by atoms with van der Waals surface area (Å²) in [6.07, 6.45) is 4.99. The molecule has 118 valence electrons. The van der Waals surface area contributed by atoms with Crippen LogP contribution in [0.1, 0.15) is 51.1 Å². The summed E-state index contributed by atoms with van der Waals surface area (Å²) in [6.45, 7) is 6.94. The number of likely N-dealkylation sites (tertiary alicyclic amines) is 1. The molecule has 2 atom stereocenters. The first-order valence-corrected chi connectivity index (χ1v) is 8.65. The first-order valence-electron chi connectivity index (χ1n) is 7.90. The fraction of sp³-hybridized carbons (Fsp3) is 0.647. The largest absolute Gasteiger partial charge is 0.311 e. The van der Waals surface area contributed by atoms with Crippen molar-refractivity contribution in [2.75, 3.05) is 20.1 Å². The van der Waals surface area contributed by atoms with Gasteiger partial charge in [-0.25, -0.2) is 0 Å². The van der Waals surface area contributed by atoms with Gasteiger partial charge in [0.25, 0.3) is 0 Å². The van der Waals surface area contributed by atoms with E-state index in [-0.39, 0.29) is 11.6 Å². The SMILES string of the molecule is CCC(C)(C(NC)c1cc(Cl)ccc1Cl)N1CCCCC1. The number of hydrogen-bond donors (Lipinski definition) is 1. The van der Waals surface area contributed by atoms with Gasteiger partial charge in [-0.15, -0.1) is 0 Å². The number of benzene rings is 1. The number of rotatable bonds is 5. The van der Waals surface area contributed by atoms with Crippen LogP contribution in [-0.4, -0.2) is 30.6 Å². The highest BCUT2D eigenvalue weighted by Gasteiger charge is 2.39. The first-order chi connectivity index (χ1) is 10.0. The summed E-state index contributed by atoms with van der Waals surface area (Å²) in [5.41, 5.74) is 1.14. The van der Waals surface area contributed by atoms with Gasteiger partial charge < -0.3 is 5.32 Å². The molecule has 2 rings (SSSR count). The Labute approximate surface area is 138 Å². The average molecular weight is 329 g/mol. The quantitative estimate of drug-likeness (QED) is 0.826. The monoisotopic (exact) mass is 328 g/mol. The number of halogens is 2. The molecule has 0 aliphatic carbocycles. The second-order valence-electron chi connectivity index (χ2n) is 6.15. The van der Waals surface area contributed by atoms with Gasteiger partial charge in [0, 0.05) is 15.6 Å². The molecule has 1 aromatic carbocycles. The van der Waals surface area contributed by atoms with Gasteiger partial charge in [0.2, 0.25) is 0 Å². The second kappa shape index (κ2) is 7.32. The van der Waals surface area contributed by atoms with Crippen molar-refractivity contribution in [3.05, 3.63) is 33.8 Å². The Bertz CT molecular complexity index is 472. The standard InChI is InChI=1S/C17H26Cl2N2/c1-4-17(2,21-10-6-5-7-11-21)16(20-3)14-12-13(18)8-9-15(14)19/h8-9,12,16,20H,4-7,10-11H2,1-3H3. The van der Waals surface area contributed by atoms with E-state index in [0.29, 0.717) is 0 Å². The Morgan fingerprint density at radius 1 is 1.24 bits per heavy atom. The third kappa shape index (κ3) is 3.56. The third-order valence-electron chi connectivity index (χ3n) is 4.97. The summed E-state index contributed by atoms with van der Waals surface area (Å²) in [4.78, 5) is 2.62. The second-order valence-corrected chi connectivity index (χ2v) is 6.99. The highest BCUT2D eigenvalue weighted by atomic mass is 35.5. The van der Waals surface area contributed by atoms with Gasteiger partial charge in [0.15, 0.2) is 0 Å². The van der Waals surface area contributed by atoms with Crippen molar-refractivity contribution in [3.8, 4) is 0 Å². The molecule has 0 spiro atoms. The molecule has 1 N–H and O–H groups in total. The Morgan fingerprint density at radius 2 is 1.90 bits per heavy atom. The van der Waals surface area contributed by atoms with Crippen LogP contribution in [0.15, 0.2) is 18.2 Å². The van der Waals surface area contributed by atoms with E-state index >= 15 is 0 Å². The van der Waals surface area contributed by atoms with Gasteiger partial charge in [-0.05, 0) is 70.1 Å². The maximum absolute atomic E-state index is 6.45. The van der Waals surface area contributed by atoms with Crippen molar-refractivity contribution in [2.45, 2.75) is 51.1 Å². The average Bonchev–Trinajstić information content (AvgIpc) is 2.52. The minimum absolute atomic E-state index is 0.0451. The van der Waals surface area contributed by atoms with Gasteiger partial charge in [-0.3, -0.25) is 4.90 Å². The summed E-state index contributed by atoms with van der Waals surface area (Å²) in [7, 11) is 2.01. The van der Waals surface area contributed by atoms with Crippen molar-refractivity contribution >= 4 is 23.2 Å². The number of nitrogens with zero attached hydrogens (tertiary/aromatic N) is 1. The maximum Gasteiger partial charge on any atom is 0.0517 e. The van der Waals surface area contributed by atoms with Crippen molar-refractivity contribution in [1.82, 2.24) is 10.2 Å². The molecular weight excluding hydrogens is 303 g/mol. The molecule has 1 aliphatic heterocycles. The van der Waals surface area contributed by atoms with Crippen LogP contribution in [0.3, 0.4) is 0 Å². The van der Waals surface area contributed by atoms with Crippen molar-refractivity contribution in [2.24, 2.45) is 0 Å². The van der Waals surface area contributed by atoms with Crippen molar-refractivity contribution in [1.29, 1.82) is 0 Å². The van der Waals surface area contributed by atoms with Gasteiger partial charge >= 0.3 is 0 Å². The van der Waals surface area contributed by atoms with E-state index in [0.717, 1.165) is 22.0 Å². The van der Waals surface area contributed by atoms with Crippen LogP contribution in [0.4, 0.5) is 0 Å². The van der Waals surface area contributed by atoms with Crippen molar-refractivity contribution in [3.63, 3.8) is 0 Å². The molecule has 21 heavy (non-hydrogen) atoms. The van der Waals surface area contributed by atoms with Crippen LogP contribution in [0, 0.1) is 0 Å². The molecule has 1 aliphatic rings. The lowest BCUT2D eigenvalue weighted by Crippen LogP contribution is -2.55. The molecule has 2 unspecified atom stereocenters. The van der Waals surface area contributed by atoms with Crippen LogP contribution >= 0.6 is 23.2 Å². The molecule has 1 saturated heterocycles. The smallest absolute Gasteiger partial charge is 0.0517 e. The Balaban J connectivity index is 2.38. The normalized spacial score (nSPS) is 21.0. The minimum atomic E-state index is 0.0451. The molecule has 0 amide bonds. The first kappa shape index (κ1) is 17.1. The Kier molecular flexibility index (Phi) is 5.96. The zero-order chi connectivity index (χ0) is 15.5. The Morgan fingerprint density at radius 3 is 2.48 bits per heavy atom. The van der Waals surface area contributed by atoms with Crippen LogP contribution in [-0.2, 0) is 0 Å². The molecule has 4 heteroatoms. The van der Waals surface area contributed by atoms with Crippen LogP contribution in [0.2, 0.25) is 10.0 Å². The molecule has 1 fully saturated rings. The number of piperidine rings is 1. The fourth-order valence-corrected chi connectivity index (χ4v) is 3.96. The lowest BCUT2D eigenvalue weighted by atomic mass is 9.81. The van der Waals surface area contributed by atoms with Crippen LogP contribution in [0.5, 0.6) is 0 Å². The molecule has 1 aromatic rings. The topological polar surface area (TPSA) is 15.3 Å². The minimum Gasteiger partial charge on any atom is -0.311 e. The van der Waals surface area contributed by atoms with Gasteiger partial charge in [-0.2, -0.15) is 0 Å². The number of nitrogens with one attached hydrogen (secondary N) is 1. The van der Waals surface area contributed by atoms with Gasteiger partial charge in [-0.1, -0.05) is 36.5 Å². The van der Waals surface area contributed by atoms with E-state index in [1.807, 2.05) is 25.2 Å². The molecule has 0 saturated carbocycles. The highest BCUT2D eigenvalue weighted by Crippen LogP contribution is 2.39. The summed E-state index contributed by atoms with van der Waals surface area (Å²) in [5.74, 6) is 0. The van der Waals surface area contributed by atoms with E-state index < -0.39 is 0 Å². The maximum atomic E-state index is 6.45. The lowest BCUT2D eigenvalue weighted by Gasteiger charge is -2.48. The zero-order valence-electron chi connectivity index (χ0n) is 13.3. The lowest BCUT2D eigenvalue weighted by molar-refractivity contribution is 0.0448.